The van der Waals surface area contributed by atoms with E-state index in [0.29, 0.717) is 19.1 Å². The van der Waals surface area contributed by atoms with Crippen molar-refractivity contribution in [2.24, 2.45) is 0 Å². The number of pyridine rings is 1. The molecule has 0 saturated carbocycles. The number of rotatable bonds is 6. The van der Waals surface area contributed by atoms with Crippen LogP contribution >= 0.6 is 0 Å². The average Bonchev–Trinajstić information content (AvgIpc) is 3.36. The molecule has 3 heterocycles. The summed E-state index contributed by atoms with van der Waals surface area (Å²) in [5.74, 6) is 1.29. The molecule has 8 nitrogen and oxygen atoms in total. The predicted molar refractivity (Wildman–Crippen MR) is 124 cm³/mol. The Hall–Kier alpha value is -2.84. The second-order valence-electron chi connectivity index (χ2n) is 8.42. The number of hydrogen-bond acceptors (Lipinski definition) is 6. The van der Waals surface area contributed by atoms with E-state index in [1.807, 2.05) is 43.0 Å². The first-order valence-electron chi connectivity index (χ1n) is 11.3. The molecule has 1 unspecified atom stereocenters. The third-order valence-electron chi connectivity index (χ3n) is 5.90. The minimum Gasteiger partial charge on any atom is -0.472 e. The summed E-state index contributed by atoms with van der Waals surface area (Å²) in [7, 11) is 0. The summed E-state index contributed by atoms with van der Waals surface area (Å²) in [6, 6.07) is 9.84. The molecular formula is C24H32N4O4. The van der Waals surface area contributed by atoms with Crippen molar-refractivity contribution < 1.29 is 19.4 Å². The lowest BCUT2D eigenvalue weighted by atomic mass is 10.00. The summed E-state index contributed by atoms with van der Waals surface area (Å²) < 4.78 is 11.3. The molecule has 2 aromatic rings. The number of aliphatic hydroxyl groups excluding tert-OH is 1. The highest BCUT2D eigenvalue weighted by atomic mass is 16.5. The molecule has 2 fully saturated rings. The van der Waals surface area contributed by atoms with Crippen molar-refractivity contribution in [3.8, 4) is 17.0 Å². The predicted octanol–water partition coefficient (Wildman–Crippen LogP) is 3.28. The third kappa shape index (κ3) is 5.31. The van der Waals surface area contributed by atoms with Gasteiger partial charge < -0.3 is 29.7 Å². The molecule has 4 rings (SSSR count). The van der Waals surface area contributed by atoms with Gasteiger partial charge in [0.05, 0.1) is 19.8 Å². The van der Waals surface area contributed by atoms with Gasteiger partial charge in [-0.25, -0.2) is 4.79 Å². The largest absolute Gasteiger partial charge is 0.472 e. The number of morpholine rings is 1. The Morgan fingerprint density at radius 3 is 2.66 bits per heavy atom. The highest BCUT2D eigenvalue weighted by molar-refractivity contribution is 5.90. The maximum atomic E-state index is 12.6. The van der Waals surface area contributed by atoms with Crippen molar-refractivity contribution in [3.63, 3.8) is 0 Å². The van der Waals surface area contributed by atoms with Crippen molar-refractivity contribution in [1.82, 2.24) is 9.88 Å². The number of amides is 2. The zero-order valence-corrected chi connectivity index (χ0v) is 18.8. The molecule has 0 spiro atoms. The van der Waals surface area contributed by atoms with Crippen LogP contribution in [-0.4, -0.2) is 73.1 Å². The molecular weight excluding hydrogens is 408 g/mol. The van der Waals surface area contributed by atoms with E-state index in [4.69, 9.17) is 9.47 Å². The van der Waals surface area contributed by atoms with Crippen molar-refractivity contribution in [2.75, 3.05) is 56.2 Å². The summed E-state index contributed by atoms with van der Waals surface area (Å²) >= 11 is 0. The number of carbonyl (C=O) groups is 1. The second kappa shape index (κ2) is 10.2. The van der Waals surface area contributed by atoms with Gasteiger partial charge in [0.25, 0.3) is 0 Å². The summed E-state index contributed by atoms with van der Waals surface area (Å²) in [5.41, 5.74) is 3.81. The number of anilines is 2. The minimum atomic E-state index is -0.359. The Labute approximate surface area is 189 Å². The van der Waals surface area contributed by atoms with Gasteiger partial charge in [-0.1, -0.05) is 6.07 Å². The number of aliphatic hydroxyl groups is 1. The van der Waals surface area contributed by atoms with Crippen molar-refractivity contribution in [2.45, 2.75) is 32.8 Å². The van der Waals surface area contributed by atoms with Gasteiger partial charge in [-0.2, -0.15) is 4.98 Å². The molecule has 2 N–H and O–H groups in total. The Morgan fingerprint density at radius 1 is 1.19 bits per heavy atom. The number of benzene rings is 1. The molecule has 0 aliphatic carbocycles. The van der Waals surface area contributed by atoms with E-state index < -0.39 is 0 Å². The fraction of sp³-hybridized carbons (Fsp3) is 0.500. The van der Waals surface area contributed by atoms with E-state index in [1.54, 1.807) is 0 Å². The standard InChI is InChI=1S/C24H32N4O4/c1-17-5-6-20(25-24(30)28-7-3-4-8-28)15-21(17)19-13-22(27-9-11-31-12-10-27)26-23(14-19)32-18(2)16-29/h5-6,13-15,18,29H,3-4,7-12,16H2,1-2H3,(H,25,30). The first-order chi connectivity index (χ1) is 15.5. The van der Waals surface area contributed by atoms with Crippen LogP contribution in [-0.2, 0) is 4.74 Å². The van der Waals surface area contributed by atoms with Gasteiger partial charge in [0.1, 0.15) is 11.9 Å². The quantitative estimate of drug-likeness (QED) is 0.717. The van der Waals surface area contributed by atoms with Crippen molar-refractivity contribution in [1.29, 1.82) is 0 Å². The summed E-state index contributed by atoms with van der Waals surface area (Å²) in [5, 5.41) is 12.5. The summed E-state index contributed by atoms with van der Waals surface area (Å²) in [4.78, 5) is 21.3. The average molecular weight is 441 g/mol. The number of hydrogen-bond donors (Lipinski definition) is 2. The molecule has 0 bridgehead atoms. The Kier molecular flexibility index (Phi) is 7.12. The second-order valence-corrected chi connectivity index (χ2v) is 8.42. The Morgan fingerprint density at radius 2 is 1.94 bits per heavy atom. The lowest BCUT2D eigenvalue weighted by Crippen LogP contribution is -2.36. The first-order valence-corrected chi connectivity index (χ1v) is 11.3. The zero-order valence-electron chi connectivity index (χ0n) is 18.8. The number of likely N-dealkylation sites (tertiary alicyclic amines) is 1. The van der Waals surface area contributed by atoms with Gasteiger partial charge in [-0.3, -0.25) is 0 Å². The fourth-order valence-corrected chi connectivity index (χ4v) is 4.04. The molecule has 172 valence electrons. The van der Waals surface area contributed by atoms with Crippen LogP contribution in [0, 0.1) is 6.92 Å². The number of nitrogens with one attached hydrogen (secondary N) is 1. The maximum absolute atomic E-state index is 12.6. The van der Waals surface area contributed by atoms with Crippen LogP contribution in [0.25, 0.3) is 11.1 Å². The van der Waals surface area contributed by atoms with Crippen molar-refractivity contribution in [3.05, 3.63) is 35.9 Å². The van der Waals surface area contributed by atoms with E-state index in [2.05, 4.69) is 21.3 Å². The van der Waals surface area contributed by atoms with Gasteiger partial charge in [-0.05, 0) is 61.6 Å². The van der Waals surface area contributed by atoms with E-state index in [1.165, 1.54) is 0 Å². The van der Waals surface area contributed by atoms with Gasteiger partial charge in [-0.15, -0.1) is 0 Å². The van der Waals surface area contributed by atoms with Gasteiger partial charge in [0.2, 0.25) is 5.88 Å². The number of nitrogens with zero attached hydrogens (tertiary/aromatic N) is 3. The van der Waals surface area contributed by atoms with Crippen LogP contribution in [0.15, 0.2) is 30.3 Å². The molecule has 1 atom stereocenters. The number of carbonyl (C=O) groups excluding carboxylic acids is 1. The zero-order chi connectivity index (χ0) is 22.5. The van der Waals surface area contributed by atoms with E-state index in [9.17, 15) is 9.90 Å². The minimum absolute atomic E-state index is 0.0539. The molecule has 2 aliphatic heterocycles. The van der Waals surface area contributed by atoms with Crippen LogP contribution in [0.2, 0.25) is 0 Å². The Balaban J connectivity index is 1.65. The van der Waals surface area contributed by atoms with Crippen LogP contribution in [0.3, 0.4) is 0 Å². The monoisotopic (exact) mass is 440 g/mol. The smallest absolute Gasteiger partial charge is 0.321 e. The van der Waals surface area contributed by atoms with Crippen LogP contribution in [0.1, 0.15) is 25.3 Å². The molecule has 2 saturated heterocycles. The number of urea groups is 1. The molecule has 1 aromatic carbocycles. The maximum Gasteiger partial charge on any atom is 0.321 e. The third-order valence-corrected chi connectivity index (χ3v) is 5.90. The number of ether oxygens (including phenoxy) is 2. The van der Waals surface area contributed by atoms with Crippen LogP contribution in [0.4, 0.5) is 16.3 Å². The molecule has 1 aromatic heterocycles. The van der Waals surface area contributed by atoms with Crippen LogP contribution < -0.4 is 15.0 Å². The lowest BCUT2D eigenvalue weighted by Gasteiger charge is -2.28. The Bertz CT molecular complexity index is 940. The van der Waals surface area contributed by atoms with Gasteiger partial charge in [0, 0.05) is 37.9 Å². The van der Waals surface area contributed by atoms with Gasteiger partial charge >= 0.3 is 6.03 Å². The van der Waals surface area contributed by atoms with E-state index in [0.717, 1.165) is 67.2 Å². The molecule has 32 heavy (non-hydrogen) atoms. The molecule has 2 amide bonds. The fourth-order valence-electron chi connectivity index (χ4n) is 4.04. The topological polar surface area (TPSA) is 87.2 Å². The molecule has 8 heteroatoms. The molecule has 0 radical (unpaired) electrons. The number of aromatic nitrogens is 1. The normalized spacial score (nSPS) is 17.3. The molecule has 2 aliphatic rings. The SMILES string of the molecule is Cc1ccc(NC(=O)N2CCCC2)cc1-c1cc(OC(C)CO)nc(N2CCOCC2)c1. The van der Waals surface area contributed by atoms with E-state index in [-0.39, 0.29) is 18.7 Å². The van der Waals surface area contributed by atoms with E-state index >= 15 is 0 Å². The van der Waals surface area contributed by atoms with Crippen molar-refractivity contribution >= 4 is 17.5 Å². The van der Waals surface area contributed by atoms with Crippen LogP contribution in [0.5, 0.6) is 5.88 Å². The highest BCUT2D eigenvalue weighted by Gasteiger charge is 2.19. The lowest BCUT2D eigenvalue weighted by molar-refractivity contribution is 0.120. The highest BCUT2D eigenvalue weighted by Crippen LogP contribution is 2.32. The number of aryl methyl sites for hydroxylation is 1. The van der Waals surface area contributed by atoms with Gasteiger partial charge in [0.15, 0.2) is 0 Å². The summed E-state index contributed by atoms with van der Waals surface area (Å²) in [6.07, 6.45) is 1.76. The first kappa shape index (κ1) is 22.4. The summed E-state index contributed by atoms with van der Waals surface area (Å²) in [6.45, 7) is 8.22.